The van der Waals surface area contributed by atoms with Crippen LogP contribution >= 0.6 is 0 Å². The number of nitrogens with one attached hydrogen (secondary N) is 1. The molecule has 2 rings (SSSR count). The summed E-state index contributed by atoms with van der Waals surface area (Å²) >= 11 is 0. The number of para-hydroxylation sites is 1. The van der Waals surface area contributed by atoms with Crippen molar-refractivity contribution in [3.63, 3.8) is 0 Å². The van der Waals surface area contributed by atoms with E-state index >= 15 is 0 Å². The number of aliphatic hydroxyl groups excluding tert-OH is 1. The van der Waals surface area contributed by atoms with Gasteiger partial charge in [-0.3, -0.25) is 0 Å². The number of anilines is 1. The molecule has 98 valence electrons. The fourth-order valence-electron chi connectivity index (χ4n) is 2.16. The zero-order valence-corrected chi connectivity index (χ0v) is 10.1. The average Bonchev–Trinajstić information content (AvgIpc) is 2.41. The molecule has 1 saturated heterocycles. The van der Waals surface area contributed by atoms with E-state index in [0.717, 1.165) is 12.8 Å². The van der Waals surface area contributed by atoms with E-state index in [1.54, 1.807) is 17.0 Å². The first-order valence-corrected chi connectivity index (χ1v) is 6.12. The van der Waals surface area contributed by atoms with Crippen LogP contribution in [0.1, 0.15) is 12.8 Å². The van der Waals surface area contributed by atoms with Gasteiger partial charge in [-0.15, -0.1) is 0 Å². The number of urea groups is 1. The number of benzene rings is 1. The van der Waals surface area contributed by atoms with Gasteiger partial charge in [-0.2, -0.15) is 0 Å². The minimum absolute atomic E-state index is 0.0868. The van der Waals surface area contributed by atoms with Crippen molar-refractivity contribution in [3.05, 3.63) is 30.1 Å². The molecule has 2 N–H and O–H groups in total. The molecule has 1 unspecified atom stereocenters. The third kappa shape index (κ3) is 2.98. The molecule has 0 aliphatic carbocycles. The number of likely N-dealkylation sites (tertiary alicyclic amines) is 1. The van der Waals surface area contributed by atoms with Crippen molar-refractivity contribution < 1.29 is 14.3 Å². The zero-order chi connectivity index (χ0) is 13.0. The first kappa shape index (κ1) is 12.8. The Morgan fingerprint density at radius 2 is 2.28 bits per heavy atom. The molecule has 0 bridgehead atoms. The number of carbonyl (C=O) groups excluding carboxylic acids is 1. The van der Waals surface area contributed by atoms with Gasteiger partial charge in [-0.05, 0) is 30.9 Å². The molecule has 0 radical (unpaired) electrons. The second-order valence-electron chi connectivity index (χ2n) is 4.55. The van der Waals surface area contributed by atoms with Crippen LogP contribution in [0.2, 0.25) is 0 Å². The molecule has 1 atom stereocenters. The number of nitrogens with zero attached hydrogens (tertiary/aromatic N) is 1. The molecular weight excluding hydrogens is 235 g/mol. The second kappa shape index (κ2) is 5.82. The normalized spacial score (nSPS) is 19.7. The molecule has 1 fully saturated rings. The highest BCUT2D eigenvalue weighted by Crippen LogP contribution is 2.18. The van der Waals surface area contributed by atoms with E-state index in [9.17, 15) is 9.18 Å². The molecule has 1 aliphatic heterocycles. The predicted molar refractivity (Wildman–Crippen MR) is 66.8 cm³/mol. The van der Waals surface area contributed by atoms with Gasteiger partial charge in [0, 0.05) is 19.7 Å². The zero-order valence-electron chi connectivity index (χ0n) is 10.1. The lowest BCUT2D eigenvalue weighted by Gasteiger charge is -2.31. The number of hydrogen-bond acceptors (Lipinski definition) is 2. The molecule has 4 nitrogen and oxygen atoms in total. The average molecular weight is 252 g/mol. The fourth-order valence-corrected chi connectivity index (χ4v) is 2.16. The van der Waals surface area contributed by atoms with Crippen molar-refractivity contribution in [2.24, 2.45) is 5.92 Å². The van der Waals surface area contributed by atoms with Gasteiger partial charge in [0.15, 0.2) is 0 Å². The van der Waals surface area contributed by atoms with Gasteiger partial charge in [-0.25, -0.2) is 9.18 Å². The van der Waals surface area contributed by atoms with E-state index in [-0.39, 0.29) is 24.2 Å². The monoisotopic (exact) mass is 252 g/mol. The topological polar surface area (TPSA) is 52.6 Å². The lowest BCUT2D eigenvalue weighted by Crippen LogP contribution is -2.43. The summed E-state index contributed by atoms with van der Waals surface area (Å²) in [7, 11) is 0. The smallest absolute Gasteiger partial charge is 0.321 e. The van der Waals surface area contributed by atoms with Gasteiger partial charge < -0.3 is 15.3 Å². The number of amides is 2. The van der Waals surface area contributed by atoms with Gasteiger partial charge in [0.05, 0.1) is 5.69 Å². The highest BCUT2D eigenvalue weighted by molar-refractivity contribution is 5.89. The third-order valence-corrected chi connectivity index (χ3v) is 3.18. The van der Waals surface area contributed by atoms with Crippen LogP contribution in [0.25, 0.3) is 0 Å². The molecule has 18 heavy (non-hydrogen) atoms. The number of carbonyl (C=O) groups is 1. The van der Waals surface area contributed by atoms with Crippen LogP contribution in [0.15, 0.2) is 24.3 Å². The summed E-state index contributed by atoms with van der Waals surface area (Å²) in [5.41, 5.74) is 0.189. The van der Waals surface area contributed by atoms with Crippen molar-refractivity contribution in [2.75, 3.05) is 25.0 Å². The van der Waals surface area contributed by atoms with E-state index in [1.165, 1.54) is 12.1 Å². The summed E-state index contributed by atoms with van der Waals surface area (Å²) in [5, 5.41) is 11.7. The Kier molecular flexibility index (Phi) is 4.15. The van der Waals surface area contributed by atoms with Gasteiger partial charge in [0.2, 0.25) is 0 Å². The van der Waals surface area contributed by atoms with Crippen LogP contribution in [-0.2, 0) is 0 Å². The van der Waals surface area contributed by atoms with Crippen molar-refractivity contribution in [3.8, 4) is 0 Å². The first-order chi connectivity index (χ1) is 8.70. The van der Waals surface area contributed by atoms with Crippen molar-refractivity contribution in [1.82, 2.24) is 4.90 Å². The van der Waals surface area contributed by atoms with Crippen molar-refractivity contribution in [2.45, 2.75) is 12.8 Å². The SMILES string of the molecule is O=C(Nc1ccccc1F)N1CCCC(CO)C1. The van der Waals surface area contributed by atoms with Crippen LogP contribution in [0.5, 0.6) is 0 Å². The number of hydrogen-bond donors (Lipinski definition) is 2. The van der Waals surface area contributed by atoms with E-state index in [1.807, 2.05) is 0 Å². The summed E-state index contributed by atoms with van der Waals surface area (Å²) in [6, 6.07) is 5.78. The Balaban J connectivity index is 1.97. The van der Waals surface area contributed by atoms with Gasteiger partial charge in [0.25, 0.3) is 0 Å². The highest BCUT2D eigenvalue weighted by atomic mass is 19.1. The van der Waals surface area contributed by atoms with Crippen LogP contribution in [0, 0.1) is 11.7 Å². The summed E-state index contributed by atoms with van der Waals surface area (Å²) < 4.78 is 13.4. The van der Waals surface area contributed by atoms with Gasteiger partial charge >= 0.3 is 6.03 Å². The van der Waals surface area contributed by atoms with E-state index in [2.05, 4.69) is 5.32 Å². The quantitative estimate of drug-likeness (QED) is 0.846. The van der Waals surface area contributed by atoms with Crippen LogP contribution in [0.3, 0.4) is 0 Å². The lowest BCUT2D eigenvalue weighted by molar-refractivity contribution is 0.136. The maximum atomic E-state index is 13.4. The molecule has 0 saturated carbocycles. The molecule has 0 spiro atoms. The molecule has 0 aromatic heterocycles. The van der Waals surface area contributed by atoms with E-state index < -0.39 is 5.82 Å². The van der Waals surface area contributed by atoms with Crippen LogP contribution < -0.4 is 5.32 Å². The standard InChI is InChI=1S/C13H17FN2O2/c14-11-5-1-2-6-12(11)15-13(18)16-7-3-4-10(8-16)9-17/h1-2,5-6,10,17H,3-4,7-9H2,(H,15,18). The molecule has 1 aromatic rings. The molecule has 2 amide bonds. The maximum Gasteiger partial charge on any atom is 0.321 e. The molecule has 1 aromatic carbocycles. The van der Waals surface area contributed by atoms with Crippen molar-refractivity contribution >= 4 is 11.7 Å². The Hall–Kier alpha value is -1.62. The highest BCUT2D eigenvalue weighted by Gasteiger charge is 2.23. The van der Waals surface area contributed by atoms with E-state index in [4.69, 9.17) is 5.11 Å². The van der Waals surface area contributed by atoms with Crippen molar-refractivity contribution in [1.29, 1.82) is 0 Å². The van der Waals surface area contributed by atoms with Crippen LogP contribution in [0.4, 0.5) is 14.9 Å². The minimum Gasteiger partial charge on any atom is -0.396 e. The van der Waals surface area contributed by atoms with Gasteiger partial charge in [-0.1, -0.05) is 12.1 Å². The Bertz CT molecular complexity index is 425. The summed E-state index contributed by atoms with van der Waals surface area (Å²) in [6.07, 6.45) is 1.80. The summed E-state index contributed by atoms with van der Waals surface area (Å²) in [5.74, 6) is -0.313. The molecular formula is C13H17FN2O2. The fraction of sp³-hybridized carbons (Fsp3) is 0.462. The third-order valence-electron chi connectivity index (χ3n) is 3.18. The maximum absolute atomic E-state index is 13.4. The minimum atomic E-state index is -0.443. The largest absolute Gasteiger partial charge is 0.396 e. The Morgan fingerprint density at radius 3 is 3.00 bits per heavy atom. The summed E-state index contributed by atoms with van der Waals surface area (Å²) in [4.78, 5) is 13.6. The number of rotatable bonds is 2. The van der Waals surface area contributed by atoms with Gasteiger partial charge in [0.1, 0.15) is 5.82 Å². The summed E-state index contributed by atoms with van der Waals surface area (Å²) in [6.45, 7) is 1.26. The molecule has 1 heterocycles. The number of halogens is 1. The van der Waals surface area contributed by atoms with Crippen LogP contribution in [-0.4, -0.2) is 35.7 Å². The first-order valence-electron chi connectivity index (χ1n) is 6.12. The predicted octanol–water partition coefficient (Wildman–Crippen LogP) is 2.06. The molecule has 5 heteroatoms. The second-order valence-corrected chi connectivity index (χ2v) is 4.55. The number of aliphatic hydroxyl groups is 1. The Labute approximate surface area is 105 Å². The molecule has 1 aliphatic rings. The van der Waals surface area contributed by atoms with E-state index in [0.29, 0.717) is 13.1 Å². The lowest BCUT2D eigenvalue weighted by atomic mass is 9.99. The Morgan fingerprint density at radius 1 is 1.50 bits per heavy atom. The number of piperidine rings is 1.